The van der Waals surface area contributed by atoms with E-state index in [1.165, 1.54) is 6.07 Å². The third-order valence-electron chi connectivity index (χ3n) is 4.45. The van der Waals surface area contributed by atoms with Crippen molar-refractivity contribution in [3.63, 3.8) is 0 Å². The number of nitrogens with one attached hydrogen (secondary N) is 1. The summed E-state index contributed by atoms with van der Waals surface area (Å²) in [6, 6.07) is 12.4. The first kappa shape index (κ1) is 21.3. The minimum absolute atomic E-state index is 0.0248. The zero-order chi connectivity index (χ0) is 21.0. The Morgan fingerprint density at radius 3 is 2.69 bits per heavy atom. The molecule has 2 aromatic rings. The van der Waals surface area contributed by atoms with Gasteiger partial charge in [0.15, 0.2) is 6.61 Å². The Morgan fingerprint density at radius 1 is 1.17 bits per heavy atom. The normalized spacial score (nSPS) is 14.8. The van der Waals surface area contributed by atoms with Gasteiger partial charge in [-0.25, -0.2) is 4.79 Å². The van der Waals surface area contributed by atoms with Gasteiger partial charge in [0.2, 0.25) is 0 Å². The van der Waals surface area contributed by atoms with Crippen LogP contribution in [0.15, 0.2) is 42.5 Å². The molecule has 0 aromatic heterocycles. The number of carbonyl (C=O) groups is 2. The highest BCUT2D eigenvalue weighted by Crippen LogP contribution is 2.35. The van der Waals surface area contributed by atoms with Gasteiger partial charge in [0, 0.05) is 11.6 Å². The summed E-state index contributed by atoms with van der Waals surface area (Å²) < 4.78 is 10.6. The van der Waals surface area contributed by atoms with Crippen LogP contribution >= 0.6 is 23.2 Å². The van der Waals surface area contributed by atoms with E-state index < -0.39 is 11.5 Å². The molecule has 6 nitrogen and oxygen atoms in total. The summed E-state index contributed by atoms with van der Waals surface area (Å²) >= 11 is 11.8. The number of hydrogen-bond donors (Lipinski definition) is 1. The van der Waals surface area contributed by atoms with Crippen LogP contribution < -0.4 is 15.0 Å². The van der Waals surface area contributed by atoms with E-state index in [4.69, 9.17) is 32.7 Å². The van der Waals surface area contributed by atoms with Crippen LogP contribution in [0.1, 0.15) is 20.3 Å². The van der Waals surface area contributed by atoms with Gasteiger partial charge in [-0.3, -0.25) is 4.79 Å². The number of rotatable bonds is 7. The third-order valence-corrected chi connectivity index (χ3v) is 4.98. The minimum atomic E-state index is -0.698. The Kier molecular flexibility index (Phi) is 6.55. The fourth-order valence-corrected chi connectivity index (χ4v) is 3.52. The van der Waals surface area contributed by atoms with Crippen molar-refractivity contribution >= 4 is 46.5 Å². The number of esters is 1. The molecular formula is C21H22Cl2N2O4. The van der Waals surface area contributed by atoms with Gasteiger partial charge in [-0.05, 0) is 50.6 Å². The fourth-order valence-electron chi connectivity index (χ4n) is 3.05. The molecule has 154 valence electrons. The van der Waals surface area contributed by atoms with Crippen molar-refractivity contribution in [3.05, 3.63) is 52.5 Å². The smallest absolute Gasteiger partial charge is 0.344 e. The van der Waals surface area contributed by atoms with Gasteiger partial charge in [0.05, 0.1) is 23.0 Å². The van der Waals surface area contributed by atoms with Crippen molar-refractivity contribution in [1.82, 2.24) is 0 Å². The van der Waals surface area contributed by atoms with Crippen LogP contribution in [0.3, 0.4) is 0 Å². The van der Waals surface area contributed by atoms with Gasteiger partial charge in [-0.1, -0.05) is 35.3 Å². The quantitative estimate of drug-likeness (QED) is 0.509. The van der Waals surface area contributed by atoms with Crippen LogP contribution in [-0.4, -0.2) is 37.2 Å². The van der Waals surface area contributed by atoms with Crippen LogP contribution in [0.25, 0.3) is 0 Å². The van der Waals surface area contributed by atoms with Crippen LogP contribution in [0.2, 0.25) is 10.0 Å². The average molecular weight is 437 g/mol. The Morgan fingerprint density at radius 2 is 1.93 bits per heavy atom. The molecule has 0 fully saturated rings. The second kappa shape index (κ2) is 8.93. The van der Waals surface area contributed by atoms with E-state index in [2.05, 4.69) is 5.32 Å². The largest absolute Gasteiger partial charge is 0.480 e. The number of para-hydroxylation sites is 2. The van der Waals surface area contributed by atoms with Crippen LogP contribution in [0.4, 0.5) is 11.4 Å². The third kappa shape index (κ3) is 5.14. The van der Waals surface area contributed by atoms with Crippen molar-refractivity contribution in [1.29, 1.82) is 0 Å². The molecule has 8 heteroatoms. The average Bonchev–Trinajstić information content (AvgIpc) is 2.67. The molecule has 1 N–H and O–H groups in total. The molecule has 0 unspecified atom stereocenters. The van der Waals surface area contributed by atoms with Crippen LogP contribution in [0.5, 0.6) is 5.75 Å². The number of carbonyl (C=O) groups excluding carboxylic acids is 2. The number of amides is 1. The molecular weight excluding hydrogens is 415 g/mol. The monoisotopic (exact) mass is 436 g/mol. The van der Waals surface area contributed by atoms with Gasteiger partial charge in [0.1, 0.15) is 11.3 Å². The fraction of sp³-hybridized carbons (Fsp3) is 0.333. The number of hydrogen-bond acceptors (Lipinski definition) is 5. The Hall–Kier alpha value is -2.44. The van der Waals surface area contributed by atoms with E-state index in [-0.39, 0.29) is 19.1 Å². The maximum atomic E-state index is 12.8. The van der Waals surface area contributed by atoms with Crippen LogP contribution in [0, 0.1) is 0 Å². The SMILES string of the molecule is CC1(C)Nc2ccccc2N(CCCOC(=O)COc2ccc(Cl)cc2Cl)C1=O. The number of ether oxygens (including phenoxy) is 2. The first-order chi connectivity index (χ1) is 13.8. The topological polar surface area (TPSA) is 67.9 Å². The van der Waals surface area contributed by atoms with E-state index in [1.807, 2.05) is 38.1 Å². The lowest BCUT2D eigenvalue weighted by molar-refractivity contribution is -0.146. The molecule has 0 bridgehead atoms. The first-order valence-electron chi connectivity index (χ1n) is 9.20. The summed E-state index contributed by atoms with van der Waals surface area (Å²) in [5.74, 6) is -0.176. The van der Waals surface area contributed by atoms with Gasteiger partial charge in [0.25, 0.3) is 5.91 Å². The van der Waals surface area contributed by atoms with Crippen molar-refractivity contribution in [3.8, 4) is 5.75 Å². The second-order valence-corrected chi connectivity index (χ2v) is 8.01. The van der Waals surface area contributed by atoms with E-state index in [9.17, 15) is 9.59 Å². The Bertz CT molecular complexity index is 917. The molecule has 2 aromatic carbocycles. The Labute approximate surface area is 179 Å². The Balaban J connectivity index is 1.48. The maximum absolute atomic E-state index is 12.8. The highest BCUT2D eigenvalue weighted by Gasteiger charge is 2.38. The van der Waals surface area contributed by atoms with E-state index >= 15 is 0 Å². The molecule has 0 atom stereocenters. The molecule has 0 saturated heterocycles. The summed E-state index contributed by atoms with van der Waals surface area (Å²) in [5.41, 5.74) is 1.03. The highest BCUT2D eigenvalue weighted by atomic mass is 35.5. The summed E-state index contributed by atoms with van der Waals surface area (Å²) in [7, 11) is 0. The number of anilines is 2. The number of nitrogens with zero attached hydrogens (tertiary/aromatic N) is 1. The predicted octanol–water partition coefficient (Wildman–Crippen LogP) is 4.54. The molecule has 0 saturated carbocycles. The molecule has 1 aliphatic rings. The van der Waals surface area contributed by atoms with Crippen molar-refractivity contribution in [2.45, 2.75) is 25.8 Å². The van der Waals surface area contributed by atoms with E-state index in [0.29, 0.717) is 28.8 Å². The minimum Gasteiger partial charge on any atom is -0.480 e. The predicted molar refractivity (Wildman–Crippen MR) is 114 cm³/mol. The standard InChI is InChI=1S/C21H22Cl2N2O4/c1-21(2)20(27)25(17-7-4-3-6-16(17)24-21)10-5-11-28-19(26)13-29-18-9-8-14(22)12-15(18)23/h3-4,6-9,12,24H,5,10-11,13H2,1-2H3. The molecule has 1 heterocycles. The summed E-state index contributed by atoms with van der Waals surface area (Å²) in [4.78, 5) is 26.4. The molecule has 0 radical (unpaired) electrons. The number of fused-ring (bicyclic) bond motifs is 1. The van der Waals surface area contributed by atoms with Gasteiger partial charge >= 0.3 is 5.97 Å². The molecule has 1 aliphatic heterocycles. The summed E-state index contributed by atoms with van der Waals surface area (Å²) in [6.07, 6.45) is 0.504. The van der Waals surface area contributed by atoms with E-state index in [1.54, 1.807) is 17.0 Å². The van der Waals surface area contributed by atoms with Crippen LogP contribution in [-0.2, 0) is 14.3 Å². The van der Waals surface area contributed by atoms with Gasteiger partial charge in [-0.2, -0.15) is 0 Å². The maximum Gasteiger partial charge on any atom is 0.344 e. The lowest BCUT2D eigenvalue weighted by Crippen LogP contribution is -2.54. The molecule has 0 spiro atoms. The zero-order valence-electron chi connectivity index (χ0n) is 16.2. The lowest BCUT2D eigenvalue weighted by atomic mass is 9.98. The lowest BCUT2D eigenvalue weighted by Gasteiger charge is -2.39. The van der Waals surface area contributed by atoms with Gasteiger partial charge < -0.3 is 19.7 Å². The first-order valence-corrected chi connectivity index (χ1v) is 9.96. The van der Waals surface area contributed by atoms with E-state index in [0.717, 1.165) is 11.4 Å². The summed E-state index contributed by atoms with van der Waals surface area (Å²) in [5, 5.41) is 4.06. The number of halogens is 2. The summed E-state index contributed by atoms with van der Waals surface area (Å²) in [6.45, 7) is 4.05. The van der Waals surface area contributed by atoms with Crippen molar-refractivity contribution in [2.24, 2.45) is 0 Å². The molecule has 3 rings (SSSR count). The highest BCUT2D eigenvalue weighted by molar-refractivity contribution is 6.35. The van der Waals surface area contributed by atoms with Crippen molar-refractivity contribution < 1.29 is 19.1 Å². The van der Waals surface area contributed by atoms with Crippen molar-refractivity contribution in [2.75, 3.05) is 30.0 Å². The second-order valence-electron chi connectivity index (χ2n) is 7.16. The van der Waals surface area contributed by atoms with Gasteiger partial charge in [-0.15, -0.1) is 0 Å². The molecule has 1 amide bonds. The zero-order valence-corrected chi connectivity index (χ0v) is 17.7. The molecule has 0 aliphatic carbocycles. The number of benzene rings is 2. The molecule has 29 heavy (non-hydrogen) atoms.